The molecule has 0 aromatic heterocycles. The number of hydrogen-bond donors (Lipinski definition) is 1. The average Bonchev–Trinajstić information content (AvgIpc) is 2.26. The van der Waals surface area contributed by atoms with E-state index in [0.29, 0.717) is 5.56 Å². The van der Waals surface area contributed by atoms with Crippen molar-refractivity contribution in [2.45, 2.75) is 32.5 Å². The smallest absolute Gasteiger partial charge is 0.324 e. The Morgan fingerprint density at radius 1 is 1.31 bits per heavy atom. The van der Waals surface area contributed by atoms with Gasteiger partial charge in [0.15, 0.2) is 0 Å². The van der Waals surface area contributed by atoms with E-state index in [1.165, 1.54) is 6.07 Å². The van der Waals surface area contributed by atoms with E-state index in [1.54, 1.807) is 6.07 Å². The van der Waals surface area contributed by atoms with E-state index in [-0.39, 0.29) is 12.0 Å². The van der Waals surface area contributed by atoms with Crippen molar-refractivity contribution in [3.05, 3.63) is 35.4 Å². The normalized spacial score (nSPS) is 15.9. The van der Waals surface area contributed by atoms with Gasteiger partial charge in [0.2, 0.25) is 0 Å². The maximum atomic E-state index is 12.5. The van der Waals surface area contributed by atoms with Gasteiger partial charge in [0, 0.05) is 6.04 Å². The topological polar surface area (TPSA) is 26.0 Å². The lowest BCUT2D eigenvalue weighted by Crippen LogP contribution is -2.19. The second kappa shape index (κ2) is 4.87. The quantitative estimate of drug-likeness (QED) is 0.842. The summed E-state index contributed by atoms with van der Waals surface area (Å²) in [7, 11) is 0. The molecule has 0 spiro atoms. The van der Waals surface area contributed by atoms with Gasteiger partial charge in [0.1, 0.15) is 0 Å². The van der Waals surface area contributed by atoms with Crippen LogP contribution >= 0.6 is 0 Å². The Kier molecular flexibility index (Phi) is 3.97. The first kappa shape index (κ1) is 13.0. The Balaban J connectivity index is 2.99. The Morgan fingerprint density at radius 2 is 1.94 bits per heavy atom. The lowest BCUT2D eigenvalue weighted by Gasteiger charge is -2.19. The number of hydrogen-bond acceptors (Lipinski definition) is 1. The minimum atomic E-state index is -4.30. The third-order valence-electron chi connectivity index (χ3n) is 2.86. The number of halogens is 3. The zero-order chi connectivity index (χ0) is 12.3. The highest BCUT2D eigenvalue weighted by Gasteiger charge is 2.30. The van der Waals surface area contributed by atoms with Gasteiger partial charge in [-0.2, -0.15) is 13.2 Å². The standard InChI is InChI=1S/C12H16F3N/c1-3-8(2)11(16)9-5-4-6-10(7-9)12(13,14)15/h4-8,11H,3,16H2,1-2H3/t8?,11-/m1/s1. The predicted octanol–water partition coefficient (Wildman–Crippen LogP) is 3.75. The molecule has 0 saturated carbocycles. The maximum Gasteiger partial charge on any atom is 0.416 e. The predicted molar refractivity (Wildman–Crippen MR) is 57.8 cm³/mol. The summed E-state index contributed by atoms with van der Waals surface area (Å²) in [6.07, 6.45) is -3.46. The molecule has 1 rings (SSSR count). The Bertz CT molecular complexity index is 346. The fourth-order valence-corrected chi connectivity index (χ4v) is 1.50. The van der Waals surface area contributed by atoms with Crippen molar-refractivity contribution in [1.29, 1.82) is 0 Å². The number of benzene rings is 1. The van der Waals surface area contributed by atoms with E-state index >= 15 is 0 Å². The van der Waals surface area contributed by atoms with Crippen molar-refractivity contribution in [3.8, 4) is 0 Å². The lowest BCUT2D eigenvalue weighted by molar-refractivity contribution is -0.137. The van der Waals surface area contributed by atoms with Crippen LogP contribution in [0.5, 0.6) is 0 Å². The molecule has 0 heterocycles. The maximum absolute atomic E-state index is 12.5. The number of alkyl halides is 3. The summed E-state index contributed by atoms with van der Waals surface area (Å²) in [4.78, 5) is 0. The second-order valence-corrected chi connectivity index (χ2v) is 4.03. The van der Waals surface area contributed by atoms with Gasteiger partial charge in [-0.15, -0.1) is 0 Å². The monoisotopic (exact) mass is 231 g/mol. The Morgan fingerprint density at radius 3 is 2.44 bits per heavy atom. The highest BCUT2D eigenvalue weighted by Crippen LogP contribution is 2.31. The van der Waals surface area contributed by atoms with Gasteiger partial charge in [0.05, 0.1) is 5.56 Å². The third-order valence-corrected chi connectivity index (χ3v) is 2.86. The molecule has 0 fully saturated rings. The van der Waals surface area contributed by atoms with Gasteiger partial charge in [0.25, 0.3) is 0 Å². The van der Waals surface area contributed by atoms with Crippen LogP contribution in [0.2, 0.25) is 0 Å². The molecule has 2 atom stereocenters. The molecular weight excluding hydrogens is 215 g/mol. The average molecular weight is 231 g/mol. The van der Waals surface area contributed by atoms with Crippen LogP contribution in [0.3, 0.4) is 0 Å². The first-order valence-corrected chi connectivity index (χ1v) is 5.29. The van der Waals surface area contributed by atoms with Crippen LogP contribution in [0.25, 0.3) is 0 Å². The molecule has 0 saturated heterocycles. The van der Waals surface area contributed by atoms with Gasteiger partial charge in [-0.05, 0) is 23.6 Å². The molecule has 1 unspecified atom stereocenters. The second-order valence-electron chi connectivity index (χ2n) is 4.03. The molecule has 1 aromatic rings. The number of nitrogens with two attached hydrogens (primary N) is 1. The molecule has 0 radical (unpaired) electrons. The van der Waals surface area contributed by atoms with Crippen molar-refractivity contribution in [1.82, 2.24) is 0 Å². The van der Waals surface area contributed by atoms with Crippen molar-refractivity contribution in [2.75, 3.05) is 0 Å². The largest absolute Gasteiger partial charge is 0.416 e. The van der Waals surface area contributed by atoms with Crippen LogP contribution in [0, 0.1) is 5.92 Å². The van der Waals surface area contributed by atoms with Crippen LogP contribution in [0.1, 0.15) is 37.4 Å². The molecule has 2 N–H and O–H groups in total. The molecule has 1 aromatic carbocycles. The summed E-state index contributed by atoms with van der Waals surface area (Å²) in [5.41, 5.74) is 5.80. The summed E-state index contributed by atoms with van der Waals surface area (Å²) in [6, 6.07) is 4.91. The zero-order valence-electron chi connectivity index (χ0n) is 9.38. The van der Waals surface area contributed by atoms with Crippen LogP contribution < -0.4 is 5.73 Å². The highest BCUT2D eigenvalue weighted by atomic mass is 19.4. The third kappa shape index (κ3) is 2.98. The van der Waals surface area contributed by atoms with E-state index in [9.17, 15) is 13.2 Å². The molecule has 0 bridgehead atoms. The molecule has 0 aliphatic rings. The molecule has 90 valence electrons. The fourth-order valence-electron chi connectivity index (χ4n) is 1.50. The van der Waals surface area contributed by atoms with Gasteiger partial charge >= 0.3 is 6.18 Å². The molecule has 16 heavy (non-hydrogen) atoms. The van der Waals surface area contributed by atoms with Gasteiger partial charge in [-0.1, -0.05) is 32.4 Å². The van der Waals surface area contributed by atoms with Crippen LogP contribution in [0.15, 0.2) is 24.3 Å². The van der Waals surface area contributed by atoms with Gasteiger partial charge < -0.3 is 5.73 Å². The van der Waals surface area contributed by atoms with Crippen molar-refractivity contribution in [3.63, 3.8) is 0 Å². The van der Waals surface area contributed by atoms with Crippen LogP contribution in [-0.2, 0) is 6.18 Å². The van der Waals surface area contributed by atoms with Gasteiger partial charge in [-0.25, -0.2) is 0 Å². The molecule has 1 nitrogen and oxygen atoms in total. The lowest BCUT2D eigenvalue weighted by atomic mass is 9.92. The van der Waals surface area contributed by atoms with E-state index in [4.69, 9.17) is 5.73 Å². The van der Waals surface area contributed by atoms with E-state index < -0.39 is 11.7 Å². The van der Waals surface area contributed by atoms with Crippen LogP contribution in [-0.4, -0.2) is 0 Å². The van der Waals surface area contributed by atoms with E-state index in [0.717, 1.165) is 18.6 Å². The van der Waals surface area contributed by atoms with Crippen molar-refractivity contribution < 1.29 is 13.2 Å². The summed E-state index contributed by atoms with van der Waals surface area (Å²) in [6.45, 7) is 3.91. The molecule has 0 amide bonds. The minimum Gasteiger partial charge on any atom is -0.324 e. The molecule has 0 aliphatic carbocycles. The molecular formula is C12H16F3N. The zero-order valence-corrected chi connectivity index (χ0v) is 9.38. The first-order chi connectivity index (χ1) is 7.36. The number of rotatable bonds is 3. The summed E-state index contributed by atoms with van der Waals surface area (Å²) < 4.78 is 37.4. The SMILES string of the molecule is CCC(C)[C@@H](N)c1cccc(C(F)(F)F)c1. The Labute approximate surface area is 93.5 Å². The van der Waals surface area contributed by atoms with Gasteiger partial charge in [-0.3, -0.25) is 0 Å². The summed E-state index contributed by atoms with van der Waals surface area (Å²) in [5.74, 6) is 0.170. The summed E-state index contributed by atoms with van der Waals surface area (Å²) in [5, 5.41) is 0. The molecule has 0 aliphatic heterocycles. The van der Waals surface area contributed by atoms with Crippen LogP contribution in [0.4, 0.5) is 13.2 Å². The summed E-state index contributed by atoms with van der Waals surface area (Å²) >= 11 is 0. The van der Waals surface area contributed by atoms with Crippen molar-refractivity contribution >= 4 is 0 Å². The molecule has 4 heteroatoms. The Hall–Kier alpha value is -1.03. The fraction of sp³-hybridized carbons (Fsp3) is 0.500. The van der Waals surface area contributed by atoms with Crippen molar-refractivity contribution in [2.24, 2.45) is 11.7 Å². The van der Waals surface area contributed by atoms with E-state index in [1.807, 2.05) is 13.8 Å². The van der Waals surface area contributed by atoms with E-state index in [2.05, 4.69) is 0 Å². The first-order valence-electron chi connectivity index (χ1n) is 5.29. The minimum absolute atomic E-state index is 0.170. The highest BCUT2D eigenvalue weighted by molar-refractivity contribution is 5.28.